The normalized spacial score (nSPS) is 11.6. The maximum absolute atomic E-state index is 13.1. The number of alkyl halides is 3. The van der Waals surface area contributed by atoms with E-state index in [-0.39, 0.29) is 23.7 Å². The van der Waals surface area contributed by atoms with Crippen molar-refractivity contribution in [1.29, 1.82) is 0 Å². The van der Waals surface area contributed by atoms with Crippen LogP contribution in [0.4, 0.5) is 24.7 Å². The van der Waals surface area contributed by atoms with Gasteiger partial charge in [0.25, 0.3) is 5.91 Å². The van der Waals surface area contributed by atoms with Crippen LogP contribution in [-0.4, -0.2) is 41.6 Å². The third-order valence-corrected chi connectivity index (χ3v) is 5.86. The molecule has 0 bridgehead atoms. The standard InChI is InChI=1S/C25H21F3N8O2/c1-14-3-5-18(8-20(14)25(26,27)28)31-22(37)13-36-12-16(9-30-36)15-4-6-19-21(7-15)33-34-23(19)32-24(38)17-10-29-35(2)11-17/h3-12H,13H2,1-2H3,(H,31,37)(H2,32,33,34,38). The van der Waals surface area contributed by atoms with Crippen LogP contribution >= 0.6 is 0 Å². The number of aromatic amines is 1. The van der Waals surface area contributed by atoms with Crippen LogP contribution in [0.3, 0.4) is 0 Å². The number of H-pyrrole nitrogens is 1. The number of fused-ring (bicyclic) bond motifs is 1. The van der Waals surface area contributed by atoms with Crippen LogP contribution in [0.5, 0.6) is 0 Å². The highest BCUT2D eigenvalue weighted by atomic mass is 19.4. The first-order valence-corrected chi connectivity index (χ1v) is 11.4. The first-order chi connectivity index (χ1) is 18.1. The Morgan fingerprint density at radius 1 is 1.00 bits per heavy atom. The van der Waals surface area contributed by atoms with Gasteiger partial charge in [0.05, 0.1) is 29.0 Å². The molecule has 3 aromatic heterocycles. The molecule has 0 fully saturated rings. The maximum Gasteiger partial charge on any atom is 0.416 e. The molecule has 0 radical (unpaired) electrons. The summed E-state index contributed by atoms with van der Waals surface area (Å²) in [7, 11) is 1.72. The van der Waals surface area contributed by atoms with Gasteiger partial charge in [-0.3, -0.25) is 24.1 Å². The smallest absolute Gasteiger partial charge is 0.324 e. The van der Waals surface area contributed by atoms with Crippen molar-refractivity contribution in [2.75, 3.05) is 10.6 Å². The zero-order valence-corrected chi connectivity index (χ0v) is 20.2. The Morgan fingerprint density at radius 3 is 2.55 bits per heavy atom. The van der Waals surface area contributed by atoms with E-state index in [1.54, 1.807) is 31.7 Å². The molecule has 0 unspecified atom stereocenters. The molecule has 5 rings (SSSR count). The molecule has 3 heterocycles. The summed E-state index contributed by atoms with van der Waals surface area (Å²) in [6, 6.07) is 9.09. The molecule has 2 amide bonds. The lowest BCUT2D eigenvalue weighted by molar-refractivity contribution is -0.138. The van der Waals surface area contributed by atoms with Crippen LogP contribution in [0.1, 0.15) is 21.5 Å². The van der Waals surface area contributed by atoms with Crippen molar-refractivity contribution < 1.29 is 22.8 Å². The Balaban J connectivity index is 1.27. The number of hydrogen-bond acceptors (Lipinski definition) is 5. The number of nitrogens with one attached hydrogen (secondary N) is 3. The molecular formula is C25H21F3N8O2. The lowest BCUT2D eigenvalue weighted by Crippen LogP contribution is -2.19. The van der Waals surface area contributed by atoms with E-state index >= 15 is 0 Å². The van der Waals surface area contributed by atoms with E-state index in [4.69, 9.17) is 0 Å². The van der Waals surface area contributed by atoms with Crippen molar-refractivity contribution in [2.24, 2.45) is 7.05 Å². The summed E-state index contributed by atoms with van der Waals surface area (Å²) in [6.45, 7) is 1.17. The summed E-state index contributed by atoms with van der Waals surface area (Å²) >= 11 is 0. The van der Waals surface area contributed by atoms with Gasteiger partial charge >= 0.3 is 6.18 Å². The topological polar surface area (TPSA) is 123 Å². The van der Waals surface area contributed by atoms with Crippen molar-refractivity contribution in [2.45, 2.75) is 19.6 Å². The van der Waals surface area contributed by atoms with Crippen LogP contribution in [0, 0.1) is 6.92 Å². The minimum Gasteiger partial charge on any atom is -0.324 e. The molecule has 13 heteroatoms. The predicted molar refractivity (Wildman–Crippen MR) is 133 cm³/mol. The van der Waals surface area contributed by atoms with E-state index < -0.39 is 17.6 Å². The highest BCUT2D eigenvalue weighted by Gasteiger charge is 2.32. The average Bonchev–Trinajstić information content (AvgIpc) is 3.60. The highest BCUT2D eigenvalue weighted by molar-refractivity contribution is 6.07. The lowest BCUT2D eigenvalue weighted by atomic mass is 10.1. The zero-order chi connectivity index (χ0) is 27.0. The fourth-order valence-corrected chi connectivity index (χ4v) is 3.96. The van der Waals surface area contributed by atoms with E-state index in [0.717, 1.165) is 11.6 Å². The molecule has 3 N–H and O–H groups in total. The van der Waals surface area contributed by atoms with Gasteiger partial charge in [0.1, 0.15) is 6.54 Å². The molecule has 10 nitrogen and oxygen atoms in total. The molecule has 38 heavy (non-hydrogen) atoms. The van der Waals surface area contributed by atoms with E-state index in [1.807, 2.05) is 12.1 Å². The molecular weight excluding hydrogens is 501 g/mol. The number of benzene rings is 2. The number of aromatic nitrogens is 6. The highest BCUT2D eigenvalue weighted by Crippen LogP contribution is 2.33. The van der Waals surface area contributed by atoms with Gasteiger partial charge in [-0.25, -0.2) is 0 Å². The second-order valence-electron chi connectivity index (χ2n) is 8.69. The average molecular weight is 522 g/mol. The zero-order valence-electron chi connectivity index (χ0n) is 20.2. The van der Waals surface area contributed by atoms with Crippen LogP contribution in [0.15, 0.2) is 61.2 Å². The number of amides is 2. The monoisotopic (exact) mass is 522 g/mol. The van der Waals surface area contributed by atoms with Crippen molar-refractivity contribution in [3.05, 3.63) is 77.9 Å². The number of aryl methyl sites for hydroxylation is 2. The fourth-order valence-electron chi connectivity index (χ4n) is 3.96. The van der Waals surface area contributed by atoms with Gasteiger partial charge in [-0.15, -0.1) is 0 Å². The summed E-state index contributed by atoms with van der Waals surface area (Å²) < 4.78 is 42.4. The van der Waals surface area contributed by atoms with E-state index in [2.05, 4.69) is 31.0 Å². The first-order valence-electron chi connectivity index (χ1n) is 11.4. The second kappa shape index (κ2) is 9.50. The van der Waals surface area contributed by atoms with Gasteiger partial charge in [0.15, 0.2) is 5.82 Å². The van der Waals surface area contributed by atoms with Gasteiger partial charge < -0.3 is 10.6 Å². The lowest BCUT2D eigenvalue weighted by Gasteiger charge is -2.12. The van der Waals surface area contributed by atoms with E-state index in [1.165, 1.54) is 34.6 Å². The Hall–Kier alpha value is -4.94. The molecule has 0 atom stereocenters. The Morgan fingerprint density at radius 2 is 1.82 bits per heavy atom. The van der Waals surface area contributed by atoms with Crippen molar-refractivity contribution >= 4 is 34.2 Å². The van der Waals surface area contributed by atoms with Crippen molar-refractivity contribution in [3.8, 4) is 11.1 Å². The van der Waals surface area contributed by atoms with Gasteiger partial charge in [-0.05, 0) is 42.3 Å². The molecule has 5 aromatic rings. The SMILES string of the molecule is Cc1ccc(NC(=O)Cn2cc(-c3ccc4c(NC(=O)c5cnn(C)c5)n[nH]c4c3)cn2)cc1C(F)(F)F. The van der Waals surface area contributed by atoms with Crippen LogP contribution in [0.25, 0.3) is 22.0 Å². The van der Waals surface area contributed by atoms with Crippen LogP contribution in [-0.2, 0) is 24.6 Å². The second-order valence-corrected chi connectivity index (χ2v) is 8.69. The van der Waals surface area contributed by atoms with Crippen LogP contribution < -0.4 is 10.6 Å². The first kappa shape index (κ1) is 24.7. The number of anilines is 2. The number of nitrogens with zero attached hydrogens (tertiary/aromatic N) is 5. The van der Waals surface area contributed by atoms with E-state index in [9.17, 15) is 22.8 Å². The summed E-state index contributed by atoms with van der Waals surface area (Å²) in [5.74, 6) is -0.484. The summed E-state index contributed by atoms with van der Waals surface area (Å²) in [4.78, 5) is 24.9. The fraction of sp³-hybridized carbons (Fsp3) is 0.160. The number of rotatable bonds is 6. The number of carbonyl (C=O) groups excluding carboxylic acids is 2. The molecule has 0 spiro atoms. The Bertz CT molecular complexity index is 1660. The molecule has 0 saturated carbocycles. The van der Waals surface area contributed by atoms with Crippen molar-refractivity contribution in [3.63, 3.8) is 0 Å². The molecule has 0 aliphatic rings. The van der Waals surface area contributed by atoms with Crippen molar-refractivity contribution in [1.82, 2.24) is 29.8 Å². The Kier molecular flexibility index (Phi) is 6.18. The molecule has 0 aliphatic heterocycles. The number of carbonyl (C=O) groups is 2. The number of hydrogen-bond donors (Lipinski definition) is 3. The Labute approximate surface area is 213 Å². The molecule has 0 aliphatic carbocycles. The van der Waals surface area contributed by atoms with Gasteiger partial charge in [-0.1, -0.05) is 12.1 Å². The maximum atomic E-state index is 13.1. The summed E-state index contributed by atoms with van der Waals surface area (Å²) in [6.07, 6.45) is 1.77. The molecule has 194 valence electrons. The quantitative estimate of drug-likeness (QED) is 0.306. The summed E-state index contributed by atoms with van der Waals surface area (Å²) in [5, 5.41) is 21.2. The van der Waals surface area contributed by atoms with Gasteiger partial charge in [0, 0.05) is 36.1 Å². The largest absolute Gasteiger partial charge is 0.416 e. The molecule has 2 aromatic carbocycles. The van der Waals surface area contributed by atoms with E-state index in [0.29, 0.717) is 27.8 Å². The van der Waals surface area contributed by atoms with Gasteiger partial charge in [-0.2, -0.15) is 28.5 Å². The third-order valence-electron chi connectivity index (χ3n) is 5.86. The summed E-state index contributed by atoms with van der Waals surface area (Å²) in [5.41, 5.74) is 1.90. The molecule has 0 saturated heterocycles. The van der Waals surface area contributed by atoms with Crippen LogP contribution in [0.2, 0.25) is 0 Å². The predicted octanol–water partition coefficient (Wildman–Crippen LogP) is 4.38. The minimum absolute atomic E-state index is 0.0522. The number of halogens is 3. The van der Waals surface area contributed by atoms with Gasteiger partial charge in [0.2, 0.25) is 5.91 Å². The minimum atomic E-state index is -4.51. The third kappa shape index (κ3) is 5.12.